The molecule has 0 amide bonds. The summed E-state index contributed by atoms with van der Waals surface area (Å²) in [7, 11) is 0. The lowest BCUT2D eigenvalue weighted by Crippen LogP contribution is -2.39. The van der Waals surface area contributed by atoms with Crippen LogP contribution in [-0.4, -0.2) is 77.5 Å². The third-order valence-corrected chi connectivity index (χ3v) is 4.16. The lowest BCUT2D eigenvalue weighted by Gasteiger charge is -2.26. The lowest BCUT2D eigenvalue weighted by molar-refractivity contribution is 0.0398. The molecule has 8 heteroatoms. The molecule has 0 unspecified atom stereocenters. The molecule has 2 aromatic rings. The van der Waals surface area contributed by atoms with E-state index in [1.807, 2.05) is 18.2 Å². The van der Waals surface area contributed by atoms with E-state index >= 15 is 0 Å². The molecule has 3 N–H and O–H groups in total. The van der Waals surface area contributed by atoms with Crippen LogP contribution in [0.15, 0.2) is 30.6 Å². The molecule has 0 radical (unpaired) electrons. The van der Waals surface area contributed by atoms with E-state index in [1.165, 1.54) is 0 Å². The molecular formula is C18H26N6O2. The van der Waals surface area contributed by atoms with Gasteiger partial charge in [-0.25, -0.2) is 4.98 Å². The van der Waals surface area contributed by atoms with E-state index in [-0.39, 0.29) is 6.61 Å². The zero-order valence-corrected chi connectivity index (χ0v) is 14.9. The second-order valence-corrected chi connectivity index (χ2v) is 6.08. The van der Waals surface area contributed by atoms with Crippen molar-refractivity contribution in [1.82, 2.24) is 19.9 Å². The van der Waals surface area contributed by atoms with Gasteiger partial charge in [-0.05, 0) is 18.6 Å². The molecule has 0 aliphatic carbocycles. The molecule has 0 aromatic carbocycles. The Hall–Kier alpha value is -2.29. The fourth-order valence-electron chi connectivity index (χ4n) is 2.73. The van der Waals surface area contributed by atoms with Crippen LogP contribution in [0.2, 0.25) is 0 Å². The Morgan fingerprint density at radius 2 is 1.88 bits per heavy atom. The van der Waals surface area contributed by atoms with Crippen molar-refractivity contribution < 1.29 is 9.84 Å². The van der Waals surface area contributed by atoms with Crippen molar-refractivity contribution in [3.63, 3.8) is 0 Å². The molecule has 1 fully saturated rings. The fourth-order valence-corrected chi connectivity index (χ4v) is 2.73. The van der Waals surface area contributed by atoms with Crippen LogP contribution in [0.3, 0.4) is 0 Å². The number of anilines is 2. The third-order valence-electron chi connectivity index (χ3n) is 4.16. The van der Waals surface area contributed by atoms with Gasteiger partial charge in [0, 0.05) is 63.4 Å². The first-order valence-electron chi connectivity index (χ1n) is 9.03. The molecule has 8 nitrogen and oxygen atoms in total. The molecular weight excluding hydrogens is 332 g/mol. The molecule has 0 saturated carbocycles. The molecule has 1 saturated heterocycles. The number of aromatic nitrogens is 3. The zero-order chi connectivity index (χ0) is 18.0. The van der Waals surface area contributed by atoms with Gasteiger partial charge >= 0.3 is 0 Å². The van der Waals surface area contributed by atoms with Crippen LogP contribution in [0.1, 0.15) is 6.42 Å². The quantitative estimate of drug-likeness (QED) is 0.573. The Bertz CT molecular complexity index is 664. The summed E-state index contributed by atoms with van der Waals surface area (Å²) < 4.78 is 5.38. The Morgan fingerprint density at radius 1 is 1.08 bits per heavy atom. The summed E-state index contributed by atoms with van der Waals surface area (Å²) in [5, 5.41) is 15.5. The van der Waals surface area contributed by atoms with E-state index in [1.54, 1.807) is 12.4 Å². The summed E-state index contributed by atoms with van der Waals surface area (Å²) in [5.74, 6) is 1.34. The first kappa shape index (κ1) is 18.5. The molecule has 0 spiro atoms. The number of pyridine rings is 1. The van der Waals surface area contributed by atoms with E-state index in [4.69, 9.17) is 9.84 Å². The molecule has 0 atom stereocenters. The minimum atomic E-state index is 0.141. The Labute approximate surface area is 153 Å². The largest absolute Gasteiger partial charge is 0.396 e. The standard InChI is InChI=1S/C18H26N6O2/c25-11-1-4-21-18-22-16(15-2-5-19-6-3-15)14-17(23-18)20-7-8-24-9-12-26-13-10-24/h2-3,5-6,14,25H,1,4,7-13H2,(H2,20,21,22,23). The molecule has 0 bridgehead atoms. The van der Waals surface area contributed by atoms with E-state index in [0.717, 1.165) is 56.5 Å². The van der Waals surface area contributed by atoms with Gasteiger partial charge in [0.15, 0.2) is 0 Å². The predicted molar refractivity (Wildman–Crippen MR) is 101 cm³/mol. The number of ether oxygens (including phenoxy) is 1. The van der Waals surface area contributed by atoms with Crippen LogP contribution in [0.25, 0.3) is 11.3 Å². The van der Waals surface area contributed by atoms with Crippen LogP contribution < -0.4 is 10.6 Å². The van der Waals surface area contributed by atoms with Crippen molar-refractivity contribution in [2.45, 2.75) is 6.42 Å². The maximum absolute atomic E-state index is 8.96. The summed E-state index contributed by atoms with van der Waals surface area (Å²) >= 11 is 0. The van der Waals surface area contributed by atoms with Crippen LogP contribution in [0.5, 0.6) is 0 Å². The van der Waals surface area contributed by atoms with E-state index in [0.29, 0.717) is 18.9 Å². The van der Waals surface area contributed by atoms with Gasteiger partial charge in [0.25, 0.3) is 0 Å². The summed E-state index contributed by atoms with van der Waals surface area (Å²) in [6.07, 6.45) is 4.16. The summed E-state index contributed by atoms with van der Waals surface area (Å²) in [4.78, 5) is 15.6. The number of aliphatic hydroxyl groups excluding tert-OH is 1. The van der Waals surface area contributed by atoms with Gasteiger partial charge in [-0.15, -0.1) is 0 Å². The minimum absolute atomic E-state index is 0.141. The van der Waals surface area contributed by atoms with Gasteiger partial charge in [0.05, 0.1) is 18.9 Å². The number of hydrogen-bond acceptors (Lipinski definition) is 8. The number of morpholine rings is 1. The maximum Gasteiger partial charge on any atom is 0.225 e. The fraction of sp³-hybridized carbons (Fsp3) is 0.500. The lowest BCUT2D eigenvalue weighted by atomic mass is 10.2. The van der Waals surface area contributed by atoms with Gasteiger partial charge in [-0.2, -0.15) is 4.98 Å². The summed E-state index contributed by atoms with van der Waals surface area (Å²) in [6.45, 7) is 6.08. The first-order chi connectivity index (χ1) is 12.8. The van der Waals surface area contributed by atoms with E-state index in [2.05, 4.69) is 30.5 Å². The monoisotopic (exact) mass is 358 g/mol. The average molecular weight is 358 g/mol. The SMILES string of the molecule is OCCCNc1nc(NCCN2CCOCC2)cc(-c2ccncc2)n1. The van der Waals surface area contributed by atoms with Gasteiger partial charge < -0.3 is 20.5 Å². The minimum Gasteiger partial charge on any atom is -0.396 e. The number of hydrogen-bond donors (Lipinski definition) is 3. The number of aliphatic hydroxyl groups is 1. The highest BCUT2D eigenvalue weighted by Crippen LogP contribution is 2.20. The molecule has 1 aliphatic heterocycles. The highest BCUT2D eigenvalue weighted by molar-refractivity contribution is 5.63. The third kappa shape index (κ3) is 5.62. The second-order valence-electron chi connectivity index (χ2n) is 6.08. The van der Waals surface area contributed by atoms with Crippen molar-refractivity contribution >= 4 is 11.8 Å². The molecule has 2 aromatic heterocycles. The molecule has 1 aliphatic rings. The van der Waals surface area contributed by atoms with Crippen molar-refractivity contribution in [3.8, 4) is 11.3 Å². The molecule has 3 heterocycles. The second kappa shape index (κ2) is 10.0. The number of nitrogens with zero attached hydrogens (tertiary/aromatic N) is 4. The zero-order valence-electron chi connectivity index (χ0n) is 14.9. The molecule has 140 valence electrons. The maximum atomic E-state index is 8.96. The van der Waals surface area contributed by atoms with Crippen LogP contribution in [0, 0.1) is 0 Å². The smallest absolute Gasteiger partial charge is 0.225 e. The van der Waals surface area contributed by atoms with Crippen molar-refractivity contribution in [1.29, 1.82) is 0 Å². The molecule has 3 rings (SSSR count). The van der Waals surface area contributed by atoms with Gasteiger partial charge in [-0.1, -0.05) is 0 Å². The Kier molecular flexibility index (Phi) is 7.12. The Balaban J connectivity index is 1.67. The van der Waals surface area contributed by atoms with Crippen molar-refractivity contribution in [2.75, 3.05) is 63.2 Å². The van der Waals surface area contributed by atoms with Crippen LogP contribution in [0.4, 0.5) is 11.8 Å². The van der Waals surface area contributed by atoms with Gasteiger partial charge in [0.2, 0.25) is 5.95 Å². The van der Waals surface area contributed by atoms with E-state index < -0.39 is 0 Å². The average Bonchev–Trinajstić information content (AvgIpc) is 2.70. The summed E-state index contributed by atoms with van der Waals surface area (Å²) in [5.41, 5.74) is 1.83. The van der Waals surface area contributed by atoms with Crippen molar-refractivity contribution in [3.05, 3.63) is 30.6 Å². The molecule has 26 heavy (non-hydrogen) atoms. The van der Waals surface area contributed by atoms with Gasteiger partial charge in [0.1, 0.15) is 5.82 Å². The first-order valence-corrected chi connectivity index (χ1v) is 9.03. The van der Waals surface area contributed by atoms with Crippen LogP contribution >= 0.6 is 0 Å². The number of nitrogens with one attached hydrogen (secondary N) is 2. The Morgan fingerprint density at radius 3 is 2.65 bits per heavy atom. The predicted octanol–water partition coefficient (Wildman–Crippen LogP) is 1.08. The number of rotatable bonds is 9. The highest BCUT2D eigenvalue weighted by atomic mass is 16.5. The van der Waals surface area contributed by atoms with Gasteiger partial charge in [-0.3, -0.25) is 9.88 Å². The van der Waals surface area contributed by atoms with E-state index in [9.17, 15) is 0 Å². The summed E-state index contributed by atoms with van der Waals surface area (Å²) in [6, 6.07) is 5.81. The normalized spacial score (nSPS) is 15.0. The topological polar surface area (TPSA) is 95.4 Å². The highest BCUT2D eigenvalue weighted by Gasteiger charge is 2.10. The van der Waals surface area contributed by atoms with Crippen molar-refractivity contribution in [2.24, 2.45) is 0 Å². The van der Waals surface area contributed by atoms with Crippen LogP contribution in [-0.2, 0) is 4.74 Å².